The molecule has 1 unspecified atom stereocenters. The molecule has 21 nitrogen and oxygen atoms in total. The van der Waals surface area contributed by atoms with Gasteiger partial charge in [0, 0.05) is 78.1 Å². The second-order valence-corrected chi connectivity index (χ2v) is 19.6. The second-order valence-electron chi connectivity index (χ2n) is 18.4. The molecule has 0 saturated carbocycles. The number of methoxy groups -OCH3 is 1. The first-order chi connectivity index (χ1) is 34.7. The molecule has 386 valence electrons. The lowest BCUT2D eigenvalue weighted by Gasteiger charge is -2.21. The summed E-state index contributed by atoms with van der Waals surface area (Å²) in [5.74, 6) is -8.78. The largest absolute Gasteiger partial charge is 0.510 e. The van der Waals surface area contributed by atoms with E-state index in [4.69, 9.17) is 35.7 Å². The van der Waals surface area contributed by atoms with Gasteiger partial charge in [-0.3, -0.25) is 43.3 Å². The summed E-state index contributed by atoms with van der Waals surface area (Å²) >= 11 is 0.904. The summed E-state index contributed by atoms with van der Waals surface area (Å²) in [6.45, 7) is 13.0. The molecule has 9 N–H and O–H groups in total. The third kappa shape index (κ3) is 10.8. The highest BCUT2D eigenvalue weighted by atomic mass is 32.2. The molecule has 6 heterocycles. The number of carboxylic acids is 2. The fourth-order valence-electron chi connectivity index (χ4n) is 9.83. The topological polar surface area (TPSA) is 321 Å². The number of imide groups is 1. The van der Waals surface area contributed by atoms with Gasteiger partial charge in [-0.1, -0.05) is 26.5 Å². The number of ether oxygens (including phenoxy) is 1. The van der Waals surface area contributed by atoms with Gasteiger partial charge in [0.15, 0.2) is 0 Å². The van der Waals surface area contributed by atoms with E-state index < -0.39 is 77.3 Å². The van der Waals surface area contributed by atoms with E-state index in [1.165, 1.54) is 7.11 Å². The molecule has 6 aliphatic heterocycles. The van der Waals surface area contributed by atoms with Gasteiger partial charge in [0.1, 0.15) is 30.3 Å². The van der Waals surface area contributed by atoms with Crippen molar-refractivity contribution in [2.45, 2.75) is 90.5 Å². The zero-order valence-corrected chi connectivity index (χ0v) is 42.2. The van der Waals surface area contributed by atoms with E-state index in [1.807, 2.05) is 45.9 Å². The fraction of sp³-hybridized carbons (Fsp3) is 0.431. The molecule has 7 rings (SSSR count). The number of esters is 1. The SMILES string of the molecule is C=CC1=C(C)C2=NC1=CC1=NC(=CC3=C(C)C4=C(O)[C@H](C(=O)OC)C(=C5NC(=C2)[C@@H](C)[C@@H]5CCC(=O)NCCN2C(=O)CC(SC[C@H](NC(=O)CC[C@H](N)C(=O)O)C(=O)NCC(=O)O)C2=O)C4=N3)C(CC)=C1C. The van der Waals surface area contributed by atoms with Crippen molar-refractivity contribution < 1.29 is 58.4 Å². The van der Waals surface area contributed by atoms with E-state index in [9.17, 15) is 43.5 Å². The number of carbonyl (C=O) groups is 8. The highest BCUT2D eigenvalue weighted by Crippen LogP contribution is 2.49. The Morgan fingerprint density at radius 2 is 1.70 bits per heavy atom. The quantitative estimate of drug-likeness (QED) is 0.0642. The van der Waals surface area contributed by atoms with E-state index >= 15 is 0 Å². The summed E-state index contributed by atoms with van der Waals surface area (Å²) in [6.07, 6.45) is 7.69. The average molecular weight is 1020 g/mol. The Bertz CT molecular complexity index is 2880. The highest BCUT2D eigenvalue weighted by molar-refractivity contribution is 8.00. The molecule has 2 saturated heterocycles. The molecule has 0 aromatic heterocycles. The number of aliphatic carboxylic acids is 2. The Balaban J connectivity index is 1.08. The summed E-state index contributed by atoms with van der Waals surface area (Å²) in [4.78, 5) is 118. The molecule has 0 radical (unpaired) electrons. The van der Waals surface area contributed by atoms with Crippen LogP contribution in [0.5, 0.6) is 0 Å². The van der Waals surface area contributed by atoms with Crippen LogP contribution in [-0.4, -0.2) is 135 Å². The Morgan fingerprint density at radius 1 is 0.986 bits per heavy atom. The molecule has 0 spiro atoms. The smallest absolute Gasteiger partial charge is 0.322 e. The zero-order chi connectivity index (χ0) is 53.2. The lowest BCUT2D eigenvalue weighted by Crippen LogP contribution is -2.50. The zero-order valence-electron chi connectivity index (χ0n) is 41.3. The van der Waals surface area contributed by atoms with Gasteiger partial charge in [-0.15, -0.1) is 11.8 Å². The summed E-state index contributed by atoms with van der Waals surface area (Å²) in [5.41, 5.74) is 16.0. The lowest BCUT2D eigenvalue weighted by atomic mass is 9.84. The number of nitrogens with one attached hydrogen (secondary N) is 4. The number of rotatable bonds is 20. The number of aliphatic hydroxyl groups excluding tert-OH is 1. The van der Waals surface area contributed by atoms with Crippen molar-refractivity contribution in [1.82, 2.24) is 26.2 Å². The van der Waals surface area contributed by atoms with Crippen LogP contribution in [-0.2, 0) is 43.1 Å². The van der Waals surface area contributed by atoms with Gasteiger partial charge >= 0.3 is 17.9 Å². The molecule has 22 heteroatoms. The van der Waals surface area contributed by atoms with Crippen molar-refractivity contribution in [3.8, 4) is 0 Å². The number of allylic oxidation sites excluding steroid dienone is 11. The van der Waals surface area contributed by atoms with Crippen LogP contribution >= 0.6 is 11.8 Å². The lowest BCUT2D eigenvalue weighted by molar-refractivity contribution is -0.143. The average Bonchev–Trinajstić information content (AvgIpc) is 4.15. The minimum atomic E-state index is -1.34. The molecule has 8 bridgehead atoms. The van der Waals surface area contributed by atoms with Crippen LogP contribution in [0.25, 0.3) is 0 Å². The number of amides is 5. The standard InChI is InChI=1S/C51H59N9O12S/c1-8-26-22(3)30-16-32-24(5)28(45(58-32)43-44(51(71)72-7)47(66)42-25(6)33(59-46(42)43)18-35-27(9-2)23(4)31(56-35)17-34(26)55-30)10-12-38(61)53-14-15-60-40(63)19-37(49(60)68)73-21-36(48(67)54-20-41(64)65)57-39(62)13-11-29(52)50(69)70/h8,16-18,24,28-29,36-37,44,58,66H,1,9-15,19-21,52H2,2-7H3,(H,53,61)(H,54,67)(H,57,62)(H,64,65)(H,69,70)/t24-,28-,29-,36-,37?,44+/m0/s1. The third-order valence-corrected chi connectivity index (χ3v) is 15.2. The van der Waals surface area contributed by atoms with Gasteiger partial charge in [0.25, 0.3) is 0 Å². The van der Waals surface area contributed by atoms with Crippen molar-refractivity contribution in [3.05, 3.63) is 104 Å². The van der Waals surface area contributed by atoms with E-state index in [0.29, 0.717) is 51.7 Å². The molecule has 1 aliphatic carbocycles. The highest BCUT2D eigenvalue weighted by Gasteiger charge is 2.49. The van der Waals surface area contributed by atoms with Crippen molar-refractivity contribution >= 4 is 76.3 Å². The number of carbonyl (C=O) groups excluding carboxylic acids is 6. The van der Waals surface area contributed by atoms with Gasteiger partial charge in [0.2, 0.25) is 29.5 Å². The number of hydrogen-bond donors (Lipinski definition) is 8. The van der Waals surface area contributed by atoms with Crippen LogP contribution in [0.4, 0.5) is 0 Å². The maximum absolute atomic E-state index is 13.7. The minimum absolute atomic E-state index is 0.0182. The van der Waals surface area contributed by atoms with E-state index in [2.05, 4.69) is 34.8 Å². The first kappa shape index (κ1) is 53.3. The maximum atomic E-state index is 13.7. The van der Waals surface area contributed by atoms with Gasteiger partial charge in [0.05, 0.1) is 46.6 Å². The summed E-state index contributed by atoms with van der Waals surface area (Å²) in [7, 11) is 1.25. The molecule has 0 aromatic rings. The number of likely N-dealkylation sites (tertiary alicyclic amines) is 1. The van der Waals surface area contributed by atoms with Gasteiger partial charge in [-0.05, 0) is 80.6 Å². The van der Waals surface area contributed by atoms with Crippen LogP contribution in [0.3, 0.4) is 0 Å². The molecular formula is C51H59N9O12S. The number of hydrogen-bond acceptors (Lipinski definition) is 16. The first-order valence-corrected chi connectivity index (χ1v) is 24.9. The summed E-state index contributed by atoms with van der Waals surface area (Å²) in [6, 6.07) is -2.66. The molecule has 7 aliphatic rings. The number of thioether (sulfide) groups is 1. The maximum Gasteiger partial charge on any atom is 0.322 e. The monoisotopic (exact) mass is 1020 g/mol. The van der Waals surface area contributed by atoms with Gasteiger partial charge in [-0.2, -0.15) is 0 Å². The minimum Gasteiger partial charge on any atom is -0.510 e. The van der Waals surface area contributed by atoms with E-state index in [1.54, 1.807) is 6.08 Å². The molecule has 5 amide bonds. The third-order valence-electron chi connectivity index (χ3n) is 13.9. The van der Waals surface area contributed by atoms with Crippen molar-refractivity contribution in [2.75, 3.05) is 32.5 Å². The van der Waals surface area contributed by atoms with Crippen molar-refractivity contribution in [3.63, 3.8) is 0 Å². The number of aliphatic imine (C=N–C) groups is 3. The second kappa shape index (κ2) is 22.1. The van der Waals surface area contributed by atoms with E-state index in [-0.39, 0.29) is 68.5 Å². The van der Waals surface area contributed by atoms with Gasteiger partial charge in [-0.25, -0.2) is 15.0 Å². The number of carboxylic acid groups (broad SMARTS) is 2. The first-order valence-electron chi connectivity index (χ1n) is 23.9. The Labute approximate surface area is 425 Å². The van der Waals surface area contributed by atoms with Crippen molar-refractivity contribution in [2.24, 2.45) is 38.5 Å². The van der Waals surface area contributed by atoms with Gasteiger partial charge < -0.3 is 47.1 Å². The molecule has 73 heavy (non-hydrogen) atoms. The summed E-state index contributed by atoms with van der Waals surface area (Å²) in [5, 5.41) is 40.0. The predicted molar refractivity (Wildman–Crippen MR) is 270 cm³/mol. The number of fused-ring (bicyclic) bond motifs is 5. The molecule has 6 atom stereocenters. The predicted octanol–water partition coefficient (Wildman–Crippen LogP) is 2.88. The Hall–Kier alpha value is -7.46. The van der Waals surface area contributed by atoms with Crippen LogP contribution in [0.1, 0.15) is 73.1 Å². The molecule has 0 aromatic carbocycles. The number of nitrogens with zero attached hydrogens (tertiary/aromatic N) is 4. The normalized spacial score (nSPS) is 22.9. The molecule has 2 fully saturated rings. The fourth-order valence-corrected chi connectivity index (χ4v) is 11.0. The van der Waals surface area contributed by atoms with Crippen LogP contribution in [0.15, 0.2) is 119 Å². The van der Waals surface area contributed by atoms with Crippen LogP contribution < -0.4 is 27.0 Å². The van der Waals surface area contributed by atoms with Crippen LogP contribution in [0, 0.1) is 17.8 Å². The summed E-state index contributed by atoms with van der Waals surface area (Å²) < 4.78 is 5.27. The number of aliphatic hydroxyl groups is 1. The Kier molecular flexibility index (Phi) is 16.2. The Morgan fingerprint density at radius 3 is 2.37 bits per heavy atom. The van der Waals surface area contributed by atoms with Crippen LogP contribution in [0.2, 0.25) is 0 Å². The van der Waals surface area contributed by atoms with Crippen molar-refractivity contribution in [1.29, 1.82) is 0 Å². The van der Waals surface area contributed by atoms with E-state index in [0.717, 1.165) is 56.1 Å². The number of nitrogens with two attached hydrogens (primary N) is 1. The molecular weight excluding hydrogens is 963 g/mol.